The van der Waals surface area contributed by atoms with E-state index >= 15 is 0 Å². The molecular formula is C60H51NO. The van der Waals surface area contributed by atoms with Gasteiger partial charge in [0, 0.05) is 16.8 Å². The summed E-state index contributed by atoms with van der Waals surface area (Å²) in [6, 6.07) is 65.9. The van der Waals surface area contributed by atoms with Crippen molar-refractivity contribution in [1.29, 1.82) is 0 Å². The van der Waals surface area contributed by atoms with Crippen molar-refractivity contribution in [2.45, 2.75) is 47.0 Å². The second kappa shape index (κ2) is 15.7. The normalized spacial score (nSPS) is 15.4. The third-order valence-electron chi connectivity index (χ3n) is 13.5. The molecule has 1 heterocycles. The van der Waals surface area contributed by atoms with E-state index in [1.54, 1.807) is 0 Å². The number of aryl methyl sites for hydroxylation is 2. The van der Waals surface area contributed by atoms with Crippen LogP contribution in [0.4, 0.5) is 11.4 Å². The summed E-state index contributed by atoms with van der Waals surface area (Å²) in [5.74, 6) is 0.373. The van der Waals surface area contributed by atoms with Crippen molar-refractivity contribution in [2.75, 3.05) is 4.90 Å². The molecule has 0 saturated heterocycles. The van der Waals surface area contributed by atoms with Crippen molar-refractivity contribution in [3.05, 3.63) is 222 Å². The van der Waals surface area contributed by atoms with Gasteiger partial charge >= 0.3 is 0 Å². The third kappa shape index (κ3) is 6.86. The minimum Gasteiger partial charge on any atom is -0.456 e. The van der Waals surface area contributed by atoms with Crippen LogP contribution in [0.1, 0.15) is 49.9 Å². The summed E-state index contributed by atoms with van der Waals surface area (Å²) < 4.78 is 6.65. The molecule has 0 spiro atoms. The topological polar surface area (TPSA) is 16.4 Å². The Hall–Kier alpha value is -7.16. The van der Waals surface area contributed by atoms with E-state index in [0.29, 0.717) is 5.92 Å². The number of hydrogen-bond acceptors (Lipinski definition) is 2. The average Bonchev–Trinajstić information content (AvgIpc) is 3.77. The first-order valence-electron chi connectivity index (χ1n) is 21.8. The minimum absolute atomic E-state index is 0.0515. The molecule has 9 aromatic rings. The summed E-state index contributed by atoms with van der Waals surface area (Å²) in [7, 11) is 0. The maximum atomic E-state index is 6.65. The first-order valence-corrected chi connectivity index (χ1v) is 21.8. The van der Waals surface area contributed by atoms with Crippen LogP contribution < -0.4 is 4.90 Å². The van der Waals surface area contributed by atoms with Gasteiger partial charge < -0.3 is 9.32 Å². The molecule has 0 amide bonds. The third-order valence-corrected chi connectivity index (χ3v) is 13.5. The summed E-state index contributed by atoms with van der Waals surface area (Å²) in [6.45, 7) is 13.7. The lowest BCUT2D eigenvalue weighted by Crippen LogP contribution is -2.20. The van der Waals surface area contributed by atoms with E-state index in [2.05, 4.69) is 241 Å². The SMILES string of the molecule is C/C(=C\C=C1\c2ccccc2C(C)(C)C1C)N(c1ccc(-c2cccc(-c3ccccc3)c2)cc1)c1cccc2oc3ccc(-c4ccc(-c5ccccc5C)c(C)c4)cc3c12. The van der Waals surface area contributed by atoms with Crippen LogP contribution in [0.25, 0.3) is 72.0 Å². The van der Waals surface area contributed by atoms with Gasteiger partial charge in [0.05, 0.1) is 11.1 Å². The highest BCUT2D eigenvalue weighted by atomic mass is 16.3. The van der Waals surface area contributed by atoms with E-state index in [4.69, 9.17) is 4.42 Å². The smallest absolute Gasteiger partial charge is 0.137 e. The highest BCUT2D eigenvalue weighted by Crippen LogP contribution is 2.50. The molecule has 0 radical (unpaired) electrons. The van der Waals surface area contributed by atoms with Crippen molar-refractivity contribution in [1.82, 2.24) is 0 Å². The van der Waals surface area contributed by atoms with Crippen LogP contribution in [0.2, 0.25) is 0 Å². The lowest BCUT2D eigenvalue weighted by Gasteiger charge is -2.27. The Morgan fingerprint density at radius 1 is 0.532 bits per heavy atom. The highest BCUT2D eigenvalue weighted by molar-refractivity contribution is 6.13. The standard InChI is InChI=1S/C60H51NO/c1-39-16-10-11-21-50(39)51-34-29-47(36-40(51)2)48-30-35-57-54(38-48)59-56(24-15-25-58(59)62-57)61(41(3)26-33-52-42(4)60(5,6)55-23-13-12-22-53(52)55)49-31-27-44(28-32-49)46-20-14-19-45(37-46)43-17-8-7-9-18-43/h7-38,42H,1-6H3/b41-26+,52-33+. The summed E-state index contributed by atoms with van der Waals surface area (Å²) in [6.07, 6.45) is 4.67. The molecule has 1 aliphatic carbocycles. The summed E-state index contributed by atoms with van der Waals surface area (Å²) in [4.78, 5) is 2.41. The molecule has 1 aromatic heterocycles. The Labute approximate surface area is 366 Å². The number of furan rings is 1. The van der Waals surface area contributed by atoms with Crippen LogP contribution in [-0.4, -0.2) is 0 Å². The number of allylic oxidation sites excluding steroid dienone is 4. The van der Waals surface area contributed by atoms with Crippen LogP contribution in [0.15, 0.2) is 204 Å². The first-order chi connectivity index (χ1) is 30.2. The summed E-state index contributed by atoms with van der Waals surface area (Å²) in [5, 5.41) is 2.19. The fourth-order valence-corrected chi connectivity index (χ4v) is 9.71. The Bertz CT molecular complexity index is 3200. The van der Waals surface area contributed by atoms with Crippen molar-refractivity contribution in [3.63, 3.8) is 0 Å². The number of fused-ring (bicyclic) bond motifs is 4. The Morgan fingerprint density at radius 2 is 1.13 bits per heavy atom. The van der Waals surface area contributed by atoms with E-state index in [1.165, 1.54) is 66.8 Å². The van der Waals surface area contributed by atoms with Gasteiger partial charge in [-0.1, -0.05) is 166 Å². The minimum atomic E-state index is 0.0515. The molecule has 0 bridgehead atoms. The zero-order valence-electron chi connectivity index (χ0n) is 36.4. The van der Waals surface area contributed by atoms with Crippen LogP contribution in [0.3, 0.4) is 0 Å². The fraction of sp³-hybridized carbons (Fsp3) is 0.133. The second-order valence-electron chi connectivity index (χ2n) is 17.6. The van der Waals surface area contributed by atoms with Gasteiger partial charge in [-0.2, -0.15) is 0 Å². The van der Waals surface area contributed by atoms with E-state index in [-0.39, 0.29) is 5.41 Å². The fourth-order valence-electron chi connectivity index (χ4n) is 9.71. The zero-order chi connectivity index (χ0) is 42.5. The van der Waals surface area contributed by atoms with Crippen LogP contribution in [-0.2, 0) is 5.41 Å². The van der Waals surface area contributed by atoms with E-state index < -0.39 is 0 Å². The van der Waals surface area contributed by atoms with Crippen LogP contribution in [0.5, 0.6) is 0 Å². The maximum absolute atomic E-state index is 6.65. The van der Waals surface area contributed by atoms with Crippen LogP contribution >= 0.6 is 0 Å². The Balaban J connectivity index is 1.10. The zero-order valence-corrected chi connectivity index (χ0v) is 36.4. The molecule has 0 N–H and O–H groups in total. The predicted molar refractivity (Wildman–Crippen MR) is 264 cm³/mol. The van der Waals surface area contributed by atoms with Gasteiger partial charge in [0.2, 0.25) is 0 Å². The monoisotopic (exact) mass is 801 g/mol. The predicted octanol–water partition coefficient (Wildman–Crippen LogP) is 16.9. The number of nitrogens with zero attached hydrogens (tertiary/aromatic N) is 1. The largest absolute Gasteiger partial charge is 0.456 e. The molecule has 8 aromatic carbocycles. The highest BCUT2D eigenvalue weighted by Gasteiger charge is 2.39. The number of hydrogen-bond donors (Lipinski definition) is 0. The molecule has 302 valence electrons. The molecule has 0 fully saturated rings. The van der Waals surface area contributed by atoms with Gasteiger partial charge in [0.1, 0.15) is 11.2 Å². The lowest BCUT2D eigenvalue weighted by molar-refractivity contribution is 0.442. The number of rotatable bonds is 8. The van der Waals surface area contributed by atoms with Gasteiger partial charge in [0.25, 0.3) is 0 Å². The second-order valence-corrected chi connectivity index (χ2v) is 17.6. The molecule has 0 saturated carbocycles. The quantitative estimate of drug-likeness (QED) is 0.152. The van der Waals surface area contributed by atoms with Crippen molar-refractivity contribution < 1.29 is 4.42 Å². The van der Waals surface area contributed by atoms with Crippen molar-refractivity contribution in [2.24, 2.45) is 5.92 Å². The first kappa shape index (κ1) is 39.0. The van der Waals surface area contributed by atoms with Gasteiger partial charge in [-0.15, -0.1) is 0 Å². The molecule has 1 atom stereocenters. The number of anilines is 2. The molecule has 2 heteroatoms. The molecule has 1 unspecified atom stereocenters. The number of benzene rings is 8. The van der Waals surface area contributed by atoms with Gasteiger partial charge in [0.15, 0.2) is 0 Å². The van der Waals surface area contributed by atoms with Crippen LogP contribution in [0, 0.1) is 19.8 Å². The Morgan fingerprint density at radius 3 is 1.89 bits per heavy atom. The molecule has 10 rings (SSSR count). The molecular weight excluding hydrogens is 751 g/mol. The maximum Gasteiger partial charge on any atom is 0.137 e. The van der Waals surface area contributed by atoms with Gasteiger partial charge in [-0.05, 0) is 153 Å². The van der Waals surface area contributed by atoms with Crippen molar-refractivity contribution in [3.8, 4) is 44.5 Å². The summed E-state index contributed by atoms with van der Waals surface area (Å²) >= 11 is 0. The molecule has 62 heavy (non-hydrogen) atoms. The van der Waals surface area contributed by atoms with E-state index in [9.17, 15) is 0 Å². The van der Waals surface area contributed by atoms with Gasteiger partial charge in [-0.3, -0.25) is 0 Å². The van der Waals surface area contributed by atoms with Gasteiger partial charge in [-0.25, -0.2) is 0 Å². The summed E-state index contributed by atoms with van der Waals surface area (Å²) in [5.41, 5.74) is 21.4. The molecule has 1 aliphatic rings. The lowest BCUT2D eigenvalue weighted by atomic mass is 9.78. The molecule has 2 nitrogen and oxygen atoms in total. The molecule has 0 aliphatic heterocycles. The average molecular weight is 802 g/mol. The van der Waals surface area contributed by atoms with Crippen molar-refractivity contribution >= 4 is 38.9 Å². The van der Waals surface area contributed by atoms with E-state index in [0.717, 1.165) is 44.6 Å². The van der Waals surface area contributed by atoms with E-state index in [1.807, 2.05) is 0 Å². The Kier molecular flexibility index (Phi) is 9.88.